The van der Waals surface area contributed by atoms with Crippen LogP contribution in [0.5, 0.6) is 5.88 Å². The Morgan fingerprint density at radius 1 is 1.37 bits per heavy atom. The van der Waals surface area contributed by atoms with Crippen LogP contribution in [0.3, 0.4) is 0 Å². The van der Waals surface area contributed by atoms with Crippen LogP contribution in [-0.4, -0.2) is 30.6 Å². The topological polar surface area (TPSA) is 71.7 Å². The minimum absolute atomic E-state index is 0. The number of nitrogens with one attached hydrogen (secondary N) is 2. The summed E-state index contributed by atoms with van der Waals surface area (Å²) in [4.78, 5) is 7.94. The van der Waals surface area contributed by atoms with Crippen LogP contribution >= 0.6 is 35.6 Å². The Morgan fingerprint density at radius 2 is 2.15 bits per heavy atom. The molecule has 150 valence electrons. The number of halogens is 5. The van der Waals surface area contributed by atoms with E-state index in [1.165, 1.54) is 0 Å². The van der Waals surface area contributed by atoms with Crippen LogP contribution in [0.1, 0.15) is 18.2 Å². The van der Waals surface area contributed by atoms with Gasteiger partial charge in [0.15, 0.2) is 5.96 Å². The van der Waals surface area contributed by atoms with Crippen LogP contribution in [0, 0.1) is 0 Å². The molecule has 0 atom stereocenters. The van der Waals surface area contributed by atoms with Gasteiger partial charge >= 0.3 is 6.18 Å². The molecule has 0 aliphatic heterocycles. The van der Waals surface area contributed by atoms with Gasteiger partial charge in [-0.05, 0) is 25.1 Å². The standard InChI is InChI=1S/C16H18ClF3N4O2.HI/c1-2-21-15(24-10-12-4-3-6-25-12)22-5-7-26-14-13(17)8-11(9-23-14)16(18,19)20;/h3-4,6,8-9H,2,5,7,10H2,1H3,(H2,21,22,24);1H. The lowest BCUT2D eigenvalue weighted by Crippen LogP contribution is -2.39. The largest absolute Gasteiger partial charge is 0.475 e. The number of hydrogen-bond acceptors (Lipinski definition) is 4. The van der Waals surface area contributed by atoms with Crippen molar-refractivity contribution in [3.63, 3.8) is 0 Å². The first-order chi connectivity index (χ1) is 12.4. The Kier molecular flexibility index (Phi) is 9.70. The monoisotopic (exact) mass is 518 g/mol. The zero-order chi connectivity index (χ0) is 19.0. The van der Waals surface area contributed by atoms with Crippen molar-refractivity contribution in [1.29, 1.82) is 0 Å². The van der Waals surface area contributed by atoms with Gasteiger partial charge in [-0.3, -0.25) is 0 Å². The number of ether oxygens (including phenoxy) is 1. The number of hydrogen-bond donors (Lipinski definition) is 2. The molecule has 0 aliphatic carbocycles. The number of guanidine groups is 1. The fourth-order valence-electron chi connectivity index (χ4n) is 1.91. The van der Waals surface area contributed by atoms with Crippen LogP contribution in [0.25, 0.3) is 0 Å². The third kappa shape index (κ3) is 7.83. The summed E-state index contributed by atoms with van der Waals surface area (Å²) in [5.41, 5.74) is -0.924. The second-order valence-corrected chi connectivity index (χ2v) is 5.47. The summed E-state index contributed by atoms with van der Waals surface area (Å²) in [6, 6.07) is 4.38. The Labute approximate surface area is 176 Å². The average Bonchev–Trinajstić information content (AvgIpc) is 3.10. The van der Waals surface area contributed by atoms with E-state index in [9.17, 15) is 13.2 Å². The number of aromatic nitrogens is 1. The molecular formula is C16H19ClF3IN4O2. The molecule has 0 bridgehead atoms. The first-order valence-corrected chi connectivity index (χ1v) is 8.18. The van der Waals surface area contributed by atoms with Gasteiger partial charge in [0.25, 0.3) is 0 Å². The number of aliphatic imine (C=N–C) groups is 1. The van der Waals surface area contributed by atoms with Gasteiger partial charge in [0.2, 0.25) is 5.88 Å². The van der Waals surface area contributed by atoms with Crippen molar-refractivity contribution < 1.29 is 22.3 Å². The van der Waals surface area contributed by atoms with Gasteiger partial charge in [-0.1, -0.05) is 11.6 Å². The minimum Gasteiger partial charge on any atom is -0.475 e. The predicted octanol–water partition coefficient (Wildman–Crippen LogP) is 4.10. The normalized spacial score (nSPS) is 11.7. The zero-order valence-corrected chi connectivity index (χ0v) is 17.4. The number of furan rings is 1. The minimum atomic E-state index is -4.50. The molecule has 0 spiro atoms. The molecule has 2 N–H and O–H groups in total. The van der Waals surface area contributed by atoms with Crippen molar-refractivity contribution in [2.24, 2.45) is 4.99 Å². The molecule has 2 aromatic heterocycles. The maximum Gasteiger partial charge on any atom is 0.417 e. The van der Waals surface area contributed by atoms with E-state index >= 15 is 0 Å². The SMILES string of the molecule is CCNC(=NCc1ccco1)NCCOc1ncc(C(F)(F)F)cc1Cl.I. The third-order valence-corrected chi connectivity index (χ3v) is 3.36. The molecule has 2 heterocycles. The smallest absolute Gasteiger partial charge is 0.417 e. The first-order valence-electron chi connectivity index (χ1n) is 7.80. The van der Waals surface area contributed by atoms with Crippen molar-refractivity contribution in [3.05, 3.63) is 47.0 Å². The molecule has 27 heavy (non-hydrogen) atoms. The van der Waals surface area contributed by atoms with Crippen LogP contribution < -0.4 is 15.4 Å². The van der Waals surface area contributed by atoms with Gasteiger partial charge in [-0.25, -0.2) is 9.98 Å². The molecule has 0 aromatic carbocycles. The predicted molar refractivity (Wildman–Crippen MR) is 107 cm³/mol. The molecule has 0 saturated heterocycles. The Balaban J connectivity index is 0.00000364. The molecule has 0 fully saturated rings. The van der Waals surface area contributed by atoms with E-state index in [4.69, 9.17) is 20.8 Å². The highest BCUT2D eigenvalue weighted by Gasteiger charge is 2.31. The molecule has 0 amide bonds. The van der Waals surface area contributed by atoms with Gasteiger partial charge in [0.05, 0.1) is 18.4 Å². The molecule has 0 saturated carbocycles. The van der Waals surface area contributed by atoms with E-state index in [0.717, 1.165) is 11.8 Å². The summed E-state index contributed by atoms with van der Waals surface area (Å²) >= 11 is 5.78. The molecule has 6 nitrogen and oxygen atoms in total. The quantitative estimate of drug-likeness (QED) is 0.250. The van der Waals surface area contributed by atoms with Crippen molar-refractivity contribution >= 4 is 41.5 Å². The van der Waals surface area contributed by atoms with Gasteiger partial charge < -0.3 is 19.8 Å². The average molecular weight is 519 g/mol. The number of pyridine rings is 1. The van der Waals surface area contributed by atoms with Crippen LogP contribution in [-0.2, 0) is 12.7 Å². The van der Waals surface area contributed by atoms with Crippen molar-refractivity contribution in [2.75, 3.05) is 19.7 Å². The first kappa shape index (κ1) is 23.3. The van der Waals surface area contributed by atoms with Crippen molar-refractivity contribution in [1.82, 2.24) is 15.6 Å². The fourth-order valence-corrected chi connectivity index (χ4v) is 2.13. The maximum absolute atomic E-state index is 12.6. The summed E-state index contributed by atoms with van der Waals surface area (Å²) < 4.78 is 48.2. The summed E-state index contributed by atoms with van der Waals surface area (Å²) in [5, 5.41) is 5.89. The van der Waals surface area contributed by atoms with E-state index in [2.05, 4.69) is 20.6 Å². The van der Waals surface area contributed by atoms with Crippen molar-refractivity contribution in [2.45, 2.75) is 19.6 Å². The maximum atomic E-state index is 12.6. The lowest BCUT2D eigenvalue weighted by Gasteiger charge is -2.13. The Morgan fingerprint density at radius 3 is 2.74 bits per heavy atom. The lowest BCUT2D eigenvalue weighted by atomic mass is 10.3. The van der Waals surface area contributed by atoms with Gasteiger partial charge in [0.1, 0.15) is 23.9 Å². The van der Waals surface area contributed by atoms with Gasteiger partial charge in [-0.15, -0.1) is 24.0 Å². The highest BCUT2D eigenvalue weighted by molar-refractivity contribution is 14.0. The molecule has 0 unspecified atom stereocenters. The molecule has 0 radical (unpaired) electrons. The summed E-state index contributed by atoms with van der Waals surface area (Å²) in [5.74, 6) is 1.22. The van der Waals surface area contributed by atoms with E-state index in [0.29, 0.717) is 31.8 Å². The van der Waals surface area contributed by atoms with E-state index < -0.39 is 11.7 Å². The highest BCUT2D eigenvalue weighted by Crippen LogP contribution is 2.32. The second kappa shape index (κ2) is 11.2. The molecule has 11 heteroatoms. The van der Waals surface area contributed by atoms with Gasteiger partial charge in [-0.2, -0.15) is 13.2 Å². The van der Waals surface area contributed by atoms with Crippen LogP contribution in [0.2, 0.25) is 5.02 Å². The molecule has 2 aromatic rings. The molecule has 2 rings (SSSR count). The third-order valence-electron chi connectivity index (χ3n) is 3.09. The zero-order valence-electron chi connectivity index (χ0n) is 14.3. The summed E-state index contributed by atoms with van der Waals surface area (Å²) in [6.07, 6.45) is -2.24. The molecular weight excluding hydrogens is 500 g/mol. The second-order valence-electron chi connectivity index (χ2n) is 5.06. The highest BCUT2D eigenvalue weighted by atomic mass is 127. The Bertz CT molecular complexity index is 727. The van der Waals surface area contributed by atoms with Gasteiger partial charge in [0, 0.05) is 12.7 Å². The summed E-state index contributed by atoms with van der Waals surface area (Å²) in [7, 11) is 0. The van der Waals surface area contributed by atoms with E-state index in [-0.39, 0.29) is 41.5 Å². The number of nitrogens with zero attached hydrogens (tertiary/aromatic N) is 2. The van der Waals surface area contributed by atoms with Crippen molar-refractivity contribution in [3.8, 4) is 5.88 Å². The molecule has 0 aliphatic rings. The fraction of sp³-hybridized carbons (Fsp3) is 0.375. The lowest BCUT2D eigenvalue weighted by molar-refractivity contribution is -0.137. The Hall–Kier alpha value is -1.69. The van der Waals surface area contributed by atoms with Crippen LogP contribution in [0.4, 0.5) is 13.2 Å². The number of alkyl halides is 3. The summed E-state index contributed by atoms with van der Waals surface area (Å²) in [6.45, 7) is 3.45. The number of rotatable bonds is 7. The van der Waals surface area contributed by atoms with E-state index in [1.54, 1.807) is 12.3 Å². The van der Waals surface area contributed by atoms with Crippen LogP contribution in [0.15, 0.2) is 40.1 Å². The van der Waals surface area contributed by atoms with E-state index in [1.807, 2.05) is 13.0 Å².